The van der Waals surface area contributed by atoms with E-state index in [4.69, 9.17) is 0 Å². The molecule has 0 saturated heterocycles. The molecule has 0 amide bonds. The molecule has 4 bridgehead atoms. The summed E-state index contributed by atoms with van der Waals surface area (Å²) in [6.45, 7) is 4.71. The third kappa shape index (κ3) is 0.859. The van der Waals surface area contributed by atoms with Crippen LogP contribution in [0.15, 0.2) is 0 Å². The van der Waals surface area contributed by atoms with Gasteiger partial charge in [-0.2, -0.15) is 5.26 Å². The summed E-state index contributed by atoms with van der Waals surface area (Å²) in [6, 6.07) is 2.66. The third-order valence-electron chi connectivity index (χ3n) is 6.79. The molecule has 16 heavy (non-hydrogen) atoms. The fraction of sp³-hybridized carbons (Fsp3) is 0.933. The molecule has 1 nitrogen and oxygen atoms in total. The fourth-order valence-corrected chi connectivity index (χ4v) is 6.41. The molecule has 4 fully saturated rings. The molecule has 0 aliphatic heterocycles. The first-order valence-electron chi connectivity index (χ1n) is 7.05. The minimum atomic E-state index is 0.0412. The first kappa shape index (κ1) is 9.51. The molecule has 0 spiro atoms. The van der Waals surface area contributed by atoms with Gasteiger partial charge in [0, 0.05) is 0 Å². The summed E-state index contributed by atoms with van der Waals surface area (Å²) < 4.78 is 0. The van der Waals surface area contributed by atoms with Gasteiger partial charge in [-0.3, -0.25) is 0 Å². The first-order valence-corrected chi connectivity index (χ1v) is 7.05. The molecule has 4 aliphatic carbocycles. The van der Waals surface area contributed by atoms with Crippen LogP contribution < -0.4 is 0 Å². The molecule has 4 aliphatic rings. The number of fused-ring (bicyclic) bond motifs is 9. The maximum Gasteiger partial charge on any atom is 0.0689 e. The van der Waals surface area contributed by atoms with Crippen molar-refractivity contribution in [2.24, 2.45) is 46.8 Å². The van der Waals surface area contributed by atoms with Gasteiger partial charge in [0.25, 0.3) is 0 Å². The highest BCUT2D eigenvalue weighted by molar-refractivity contribution is 5.19. The van der Waals surface area contributed by atoms with Crippen molar-refractivity contribution in [2.45, 2.75) is 39.5 Å². The molecule has 86 valence electrons. The van der Waals surface area contributed by atoms with E-state index in [1.54, 1.807) is 0 Å². The first-order chi connectivity index (χ1) is 7.64. The smallest absolute Gasteiger partial charge is 0.0689 e. The lowest BCUT2D eigenvalue weighted by Crippen LogP contribution is -2.39. The molecule has 0 aromatic heterocycles. The zero-order valence-corrected chi connectivity index (χ0v) is 10.3. The molecule has 4 rings (SSSR count). The molecule has 0 N–H and O–H groups in total. The molecule has 0 heterocycles. The van der Waals surface area contributed by atoms with Gasteiger partial charge < -0.3 is 0 Å². The zero-order valence-electron chi connectivity index (χ0n) is 10.3. The largest absolute Gasteiger partial charge is 0.198 e. The van der Waals surface area contributed by atoms with E-state index in [1.165, 1.54) is 25.7 Å². The Morgan fingerprint density at radius 1 is 1.12 bits per heavy atom. The van der Waals surface area contributed by atoms with Crippen molar-refractivity contribution in [3.05, 3.63) is 0 Å². The van der Waals surface area contributed by atoms with E-state index >= 15 is 0 Å². The van der Waals surface area contributed by atoms with E-state index in [1.807, 2.05) is 0 Å². The fourth-order valence-electron chi connectivity index (χ4n) is 6.41. The van der Waals surface area contributed by atoms with Crippen molar-refractivity contribution in [3.8, 4) is 6.07 Å². The van der Waals surface area contributed by atoms with Crippen LogP contribution in [0.5, 0.6) is 0 Å². The Morgan fingerprint density at radius 3 is 2.69 bits per heavy atom. The van der Waals surface area contributed by atoms with Crippen LogP contribution in [0.25, 0.3) is 0 Å². The normalized spacial score (nSPS) is 65.9. The van der Waals surface area contributed by atoms with E-state index in [9.17, 15) is 5.26 Å². The van der Waals surface area contributed by atoms with Crippen LogP contribution in [0.4, 0.5) is 0 Å². The van der Waals surface area contributed by atoms with Crippen LogP contribution in [-0.4, -0.2) is 0 Å². The lowest BCUT2D eigenvalue weighted by atomic mass is 9.61. The van der Waals surface area contributed by atoms with Crippen LogP contribution in [0.3, 0.4) is 0 Å². The Hall–Kier alpha value is -0.510. The van der Waals surface area contributed by atoms with Crippen molar-refractivity contribution >= 4 is 0 Å². The van der Waals surface area contributed by atoms with E-state index in [0.29, 0.717) is 0 Å². The molecule has 4 saturated carbocycles. The summed E-state index contributed by atoms with van der Waals surface area (Å²) in [5.41, 5.74) is 0.0412. The highest BCUT2D eigenvalue weighted by atomic mass is 14.7. The Balaban J connectivity index is 1.73. The van der Waals surface area contributed by atoms with Crippen LogP contribution in [0.1, 0.15) is 39.5 Å². The Morgan fingerprint density at radius 2 is 1.94 bits per heavy atom. The maximum atomic E-state index is 9.44. The van der Waals surface area contributed by atoms with Crippen LogP contribution in [-0.2, 0) is 0 Å². The van der Waals surface area contributed by atoms with Gasteiger partial charge in [0.05, 0.1) is 11.5 Å². The second kappa shape index (κ2) is 2.66. The predicted molar refractivity (Wildman–Crippen MR) is 62.3 cm³/mol. The van der Waals surface area contributed by atoms with Gasteiger partial charge in [-0.15, -0.1) is 0 Å². The molecule has 0 aromatic rings. The summed E-state index contributed by atoms with van der Waals surface area (Å²) in [5, 5.41) is 9.44. The monoisotopic (exact) mass is 215 g/mol. The summed E-state index contributed by atoms with van der Waals surface area (Å²) in [6.07, 6.45) is 5.58. The summed E-state index contributed by atoms with van der Waals surface area (Å²) in [7, 11) is 0. The molecule has 1 heteroatoms. The highest BCUT2D eigenvalue weighted by Gasteiger charge is 2.66. The van der Waals surface area contributed by atoms with Crippen LogP contribution in [0.2, 0.25) is 0 Å². The van der Waals surface area contributed by atoms with Crippen molar-refractivity contribution in [2.75, 3.05) is 0 Å². The minimum absolute atomic E-state index is 0.0412. The second-order valence-corrected chi connectivity index (χ2v) is 7.36. The summed E-state index contributed by atoms with van der Waals surface area (Å²) >= 11 is 0. The highest BCUT2D eigenvalue weighted by Crippen LogP contribution is 2.72. The molecule has 0 aromatic carbocycles. The lowest BCUT2D eigenvalue weighted by molar-refractivity contribution is 0.0587. The number of nitrogens with zero attached hydrogens (tertiary/aromatic N) is 1. The standard InChI is InChI=1S/C15H21N/c1-8-3-9-4-11(8)13-10-5-12(14(9)13)15(2,6-10)7-16/h8-14H,3-6H2,1-2H3. The van der Waals surface area contributed by atoms with Gasteiger partial charge in [0.2, 0.25) is 0 Å². The van der Waals surface area contributed by atoms with Crippen molar-refractivity contribution < 1.29 is 0 Å². The number of hydrogen-bond donors (Lipinski definition) is 0. The summed E-state index contributed by atoms with van der Waals surface area (Å²) in [4.78, 5) is 0. The SMILES string of the molecule is CC1CC2CC1C1C3CC(C21)C(C)(C#N)C3. The minimum Gasteiger partial charge on any atom is -0.198 e. The van der Waals surface area contributed by atoms with Crippen molar-refractivity contribution in [1.82, 2.24) is 0 Å². The van der Waals surface area contributed by atoms with Gasteiger partial charge in [-0.25, -0.2) is 0 Å². The third-order valence-corrected chi connectivity index (χ3v) is 6.79. The quantitative estimate of drug-likeness (QED) is 0.568. The average Bonchev–Trinajstić information content (AvgIpc) is 2.93. The van der Waals surface area contributed by atoms with Crippen LogP contribution in [0, 0.1) is 58.2 Å². The van der Waals surface area contributed by atoms with Gasteiger partial charge in [-0.1, -0.05) is 6.92 Å². The molecular formula is C15H21N. The molecule has 8 atom stereocenters. The van der Waals surface area contributed by atoms with Gasteiger partial charge >= 0.3 is 0 Å². The second-order valence-electron chi connectivity index (χ2n) is 7.36. The predicted octanol–water partition coefficient (Wildman–Crippen LogP) is 3.46. The van der Waals surface area contributed by atoms with Gasteiger partial charge in [0.15, 0.2) is 0 Å². The van der Waals surface area contributed by atoms with E-state index in [-0.39, 0.29) is 5.41 Å². The Bertz CT molecular complexity index is 381. The van der Waals surface area contributed by atoms with E-state index < -0.39 is 0 Å². The van der Waals surface area contributed by atoms with E-state index in [2.05, 4.69) is 19.9 Å². The maximum absolute atomic E-state index is 9.44. The Kier molecular flexibility index (Phi) is 1.58. The van der Waals surface area contributed by atoms with Gasteiger partial charge in [0.1, 0.15) is 0 Å². The number of rotatable bonds is 0. The molecular weight excluding hydrogens is 194 g/mol. The topological polar surface area (TPSA) is 23.8 Å². The number of hydrogen-bond acceptors (Lipinski definition) is 1. The van der Waals surface area contributed by atoms with Crippen molar-refractivity contribution in [1.29, 1.82) is 5.26 Å². The molecule has 0 radical (unpaired) electrons. The zero-order chi connectivity index (χ0) is 11.1. The van der Waals surface area contributed by atoms with E-state index in [0.717, 1.165) is 41.4 Å². The van der Waals surface area contributed by atoms with Crippen LogP contribution >= 0.6 is 0 Å². The van der Waals surface area contributed by atoms with Gasteiger partial charge in [-0.05, 0) is 74.0 Å². The lowest BCUT2D eigenvalue weighted by Gasteiger charge is -2.43. The van der Waals surface area contributed by atoms with Crippen molar-refractivity contribution in [3.63, 3.8) is 0 Å². The molecule has 8 unspecified atom stereocenters. The Labute approximate surface area is 98.2 Å². The number of nitriles is 1. The summed E-state index contributed by atoms with van der Waals surface area (Å²) in [5.74, 6) is 6.66. The average molecular weight is 215 g/mol.